The minimum atomic E-state index is -1.07. The van der Waals surface area contributed by atoms with Crippen LogP contribution in [0.2, 0.25) is 0 Å². The Morgan fingerprint density at radius 1 is 1.43 bits per heavy atom. The van der Waals surface area contributed by atoms with E-state index in [0.717, 1.165) is 18.7 Å². The van der Waals surface area contributed by atoms with Crippen molar-refractivity contribution >= 4 is 11.9 Å². The van der Waals surface area contributed by atoms with Crippen molar-refractivity contribution in [3.8, 4) is 0 Å². The lowest BCUT2D eigenvalue weighted by Gasteiger charge is -2.13. The fourth-order valence-corrected chi connectivity index (χ4v) is 2.70. The van der Waals surface area contributed by atoms with Crippen molar-refractivity contribution in [1.82, 2.24) is 15.5 Å². The molecule has 1 aliphatic carbocycles. The molecule has 1 aromatic rings. The first-order valence-corrected chi connectivity index (χ1v) is 7.93. The van der Waals surface area contributed by atoms with Crippen LogP contribution in [0.1, 0.15) is 56.2 Å². The average Bonchev–Trinajstić information content (AvgIpc) is 3.19. The van der Waals surface area contributed by atoms with Gasteiger partial charge in [0.05, 0.1) is 0 Å². The molecule has 1 atom stereocenters. The van der Waals surface area contributed by atoms with Gasteiger partial charge in [-0.15, -0.1) is 0 Å². The Hall–Kier alpha value is -1.96. The number of hydrogen-bond donors (Lipinski definition) is 2. The molecule has 23 heavy (non-hydrogen) atoms. The number of aliphatic carboxylic acids is 1. The second-order valence-corrected chi connectivity index (χ2v) is 5.77. The largest absolute Gasteiger partial charge is 0.480 e. The van der Waals surface area contributed by atoms with Gasteiger partial charge >= 0.3 is 5.97 Å². The fraction of sp³-hybridized carbons (Fsp3) is 0.733. The van der Waals surface area contributed by atoms with E-state index in [9.17, 15) is 9.59 Å². The van der Waals surface area contributed by atoms with Gasteiger partial charge in [-0.25, -0.2) is 4.79 Å². The minimum absolute atomic E-state index is 0.114. The van der Waals surface area contributed by atoms with E-state index in [0.29, 0.717) is 18.2 Å². The maximum absolute atomic E-state index is 11.9. The molecule has 1 unspecified atom stereocenters. The Morgan fingerprint density at radius 3 is 2.83 bits per heavy atom. The molecular weight excluding hydrogens is 302 g/mol. The summed E-state index contributed by atoms with van der Waals surface area (Å²) in [5.41, 5.74) is 0. The minimum Gasteiger partial charge on any atom is -0.480 e. The maximum atomic E-state index is 11.9. The van der Waals surface area contributed by atoms with Crippen LogP contribution < -0.4 is 5.32 Å². The van der Waals surface area contributed by atoms with E-state index in [4.69, 9.17) is 14.4 Å². The topological polar surface area (TPSA) is 115 Å². The van der Waals surface area contributed by atoms with Crippen molar-refractivity contribution in [3.63, 3.8) is 0 Å². The summed E-state index contributed by atoms with van der Waals surface area (Å²) in [5.74, 6) is 0.0878. The molecule has 1 fully saturated rings. The number of ether oxygens (including phenoxy) is 1. The van der Waals surface area contributed by atoms with Gasteiger partial charge in [-0.1, -0.05) is 18.0 Å². The van der Waals surface area contributed by atoms with Crippen LogP contribution in [0.3, 0.4) is 0 Å². The van der Waals surface area contributed by atoms with E-state index in [1.165, 1.54) is 20.0 Å². The van der Waals surface area contributed by atoms with Crippen LogP contribution in [-0.2, 0) is 20.7 Å². The first-order valence-electron chi connectivity index (χ1n) is 7.93. The second-order valence-electron chi connectivity index (χ2n) is 5.77. The summed E-state index contributed by atoms with van der Waals surface area (Å²) in [6.45, 7) is 0.269. The number of carbonyl (C=O) groups is 2. The van der Waals surface area contributed by atoms with Gasteiger partial charge in [0.1, 0.15) is 6.04 Å². The number of nitrogens with one attached hydrogen (secondary N) is 1. The summed E-state index contributed by atoms with van der Waals surface area (Å²) in [5, 5.41) is 15.5. The summed E-state index contributed by atoms with van der Waals surface area (Å²) in [6, 6.07) is -0.945. The lowest BCUT2D eigenvalue weighted by atomic mass is 10.1. The predicted octanol–water partition coefficient (Wildman–Crippen LogP) is 1.27. The predicted molar refractivity (Wildman–Crippen MR) is 79.9 cm³/mol. The summed E-state index contributed by atoms with van der Waals surface area (Å²) >= 11 is 0. The second kappa shape index (κ2) is 8.61. The number of methoxy groups -OCH3 is 1. The van der Waals surface area contributed by atoms with Gasteiger partial charge in [0, 0.05) is 38.9 Å². The molecule has 1 saturated carbocycles. The van der Waals surface area contributed by atoms with E-state index in [1.54, 1.807) is 0 Å². The number of rotatable bonds is 9. The molecule has 0 aliphatic heterocycles. The van der Waals surface area contributed by atoms with Crippen molar-refractivity contribution < 1.29 is 24.0 Å². The number of carboxylic acids is 1. The average molecular weight is 325 g/mol. The Bertz CT molecular complexity index is 525. The van der Waals surface area contributed by atoms with E-state index >= 15 is 0 Å². The zero-order chi connectivity index (χ0) is 16.7. The fourth-order valence-electron chi connectivity index (χ4n) is 2.70. The number of carbonyl (C=O) groups excluding carboxylic acids is 1. The number of hydrogen-bond acceptors (Lipinski definition) is 6. The zero-order valence-corrected chi connectivity index (χ0v) is 13.3. The SMILES string of the molecule is COCCC(NC(=O)CCc1nc(C2CCCC2)no1)C(=O)O. The molecule has 2 rings (SSSR count). The highest BCUT2D eigenvalue weighted by Crippen LogP contribution is 2.32. The normalized spacial score (nSPS) is 16.4. The summed E-state index contributed by atoms with van der Waals surface area (Å²) < 4.78 is 10.0. The van der Waals surface area contributed by atoms with Crippen LogP contribution >= 0.6 is 0 Å². The molecule has 0 bridgehead atoms. The lowest BCUT2D eigenvalue weighted by Crippen LogP contribution is -2.41. The van der Waals surface area contributed by atoms with Crippen LogP contribution in [0.4, 0.5) is 0 Å². The molecule has 128 valence electrons. The third kappa shape index (κ3) is 5.31. The smallest absolute Gasteiger partial charge is 0.326 e. The highest BCUT2D eigenvalue weighted by molar-refractivity contribution is 5.83. The number of amides is 1. The van der Waals surface area contributed by atoms with Crippen molar-refractivity contribution in [2.24, 2.45) is 0 Å². The summed E-state index contributed by atoms with van der Waals surface area (Å²) in [6.07, 6.45) is 5.19. The van der Waals surface area contributed by atoms with Crippen LogP contribution in [0.15, 0.2) is 4.52 Å². The molecule has 1 heterocycles. The van der Waals surface area contributed by atoms with Gasteiger partial charge in [-0.3, -0.25) is 4.79 Å². The van der Waals surface area contributed by atoms with Gasteiger partial charge in [0.25, 0.3) is 0 Å². The van der Waals surface area contributed by atoms with Crippen LogP contribution in [0.5, 0.6) is 0 Å². The standard InChI is InChI=1S/C15H23N3O5/c1-22-9-8-11(15(20)21)16-12(19)6-7-13-17-14(18-23-13)10-4-2-3-5-10/h10-11H,2-9H2,1H3,(H,16,19)(H,20,21). The molecular formula is C15H23N3O5. The molecule has 0 spiro atoms. The third-order valence-electron chi connectivity index (χ3n) is 4.01. The van der Waals surface area contributed by atoms with Crippen molar-refractivity contribution in [3.05, 3.63) is 11.7 Å². The zero-order valence-electron chi connectivity index (χ0n) is 13.3. The summed E-state index contributed by atoms with van der Waals surface area (Å²) in [7, 11) is 1.48. The number of carboxylic acid groups (broad SMARTS) is 1. The first-order chi connectivity index (χ1) is 11.1. The molecule has 0 aromatic carbocycles. The Morgan fingerprint density at radius 2 is 2.17 bits per heavy atom. The van der Waals surface area contributed by atoms with Gasteiger partial charge < -0.3 is 19.7 Å². The molecule has 2 N–H and O–H groups in total. The van der Waals surface area contributed by atoms with E-state index in [1.807, 2.05) is 0 Å². The monoisotopic (exact) mass is 325 g/mol. The maximum Gasteiger partial charge on any atom is 0.326 e. The third-order valence-corrected chi connectivity index (χ3v) is 4.01. The van der Waals surface area contributed by atoms with Gasteiger partial charge in [-0.05, 0) is 12.8 Å². The quantitative estimate of drug-likeness (QED) is 0.702. The Labute approximate surface area is 134 Å². The summed E-state index contributed by atoms with van der Waals surface area (Å²) in [4.78, 5) is 27.2. The van der Waals surface area contributed by atoms with Crippen LogP contribution in [-0.4, -0.2) is 46.9 Å². The molecule has 0 saturated heterocycles. The number of aryl methyl sites for hydroxylation is 1. The van der Waals surface area contributed by atoms with Crippen molar-refractivity contribution in [2.75, 3.05) is 13.7 Å². The molecule has 1 aliphatic rings. The first kappa shape index (κ1) is 17.4. The van der Waals surface area contributed by atoms with Crippen molar-refractivity contribution in [2.45, 2.75) is 56.9 Å². The van der Waals surface area contributed by atoms with Gasteiger partial charge in [0.15, 0.2) is 5.82 Å². The van der Waals surface area contributed by atoms with E-state index in [2.05, 4.69) is 15.5 Å². The highest BCUT2D eigenvalue weighted by Gasteiger charge is 2.23. The number of aromatic nitrogens is 2. The Balaban J connectivity index is 1.78. The number of nitrogens with zero attached hydrogens (tertiary/aromatic N) is 2. The molecule has 8 nitrogen and oxygen atoms in total. The molecule has 0 radical (unpaired) electrons. The van der Waals surface area contributed by atoms with Crippen LogP contribution in [0, 0.1) is 0 Å². The molecule has 8 heteroatoms. The van der Waals surface area contributed by atoms with Crippen molar-refractivity contribution in [1.29, 1.82) is 0 Å². The van der Waals surface area contributed by atoms with Gasteiger partial charge in [0.2, 0.25) is 11.8 Å². The van der Waals surface area contributed by atoms with E-state index in [-0.39, 0.29) is 25.4 Å². The lowest BCUT2D eigenvalue weighted by molar-refractivity contribution is -0.142. The molecule has 1 aromatic heterocycles. The highest BCUT2D eigenvalue weighted by atomic mass is 16.5. The van der Waals surface area contributed by atoms with E-state index < -0.39 is 12.0 Å². The molecule has 1 amide bonds. The van der Waals surface area contributed by atoms with Gasteiger partial charge in [-0.2, -0.15) is 4.98 Å². The van der Waals surface area contributed by atoms with Crippen LogP contribution in [0.25, 0.3) is 0 Å². The Kier molecular flexibility index (Phi) is 6.52.